The van der Waals surface area contributed by atoms with Crippen molar-refractivity contribution in [3.05, 3.63) is 22.4 Å². The molecule has 0 saturated carbocycles. The summed E-state index contributed by atoms with van der Waals surface area (Å²) >= 11 is 1.84. The molecule has 0 aliphatic carbocycles. The summed E-state index contributed by atoms with van der Waals surface area (Å²) < 4.78 is 5.56. The quantitative estimate of drug-likeness (QED) is 0.631. The molecule has 2 aliphatic rings. The molecule has 6 heteroatoms. The number of rotatable bonds is 5. The van der Waals surface area contributed by atoms with Crippen LogP contribution in [-0.2, 0) is 4.74 Å². The normalized spacial score (nSPS) is 26.7. The summed E-state index contributed by atoms with van der Waals surface area (Å²) in [5, 5.41) is 5.71. The van der Waals surface area contributed by atoms with Gasteiger partial charge in [0, 0.05) is 37.6 Å². The van der Waals surface area contributed by atoms with E-state index in [9.17, 15) is 0 Å². The van der Waals surface area contributed by atoms with Crippen LogP contribution in [0, 0.1) is 11.8 Å². The number of guanidine groups is 1. The molecule has 146 valence electrons. The van der Waals surface area contributed by atoms with Gasteiger partial charge in [-0.25, -0.2) is 0 Å². The second-order valence-electron chi connectivity index (χ2n) is 7.73. The largest absolute Gasteiger partial charge is 0.379 e. The number of morpholine rings is 1. The van der Waals surface area contributed by atoms with E-state index in [1.807, 2.05) is 11.3 Å². The van der Waals surface area contributed by atoms with E-state index < -0.39 is 0 Å². The van der Waals surface area contributed by atoms with Gasteiger partial charge in [-0.3, -0.25) is 9.89 Å². The molecule has 1 aromatic heterocycles. The van der Waals surface area contributed by atoms with Crippen LogP contribution in [0.2, 0.25) is 0 Å². The van der Waals surface area contributed by atoms with Crippen molar-refractivity contribution in [2.75, 3.05) is 52.5 Å². The van der Waals surface area contributed by atoms with Crippen LogP contribution in [0.25, 0.3) is 0 Å². The summed E-state index contributed by atoms with van der Waals surface area (Å²) in [6.07, 6.45) is 1.32. The first-order valence-corrected chi connectivity index (χ1v) is 10.9. The fraction of sp³-hybridized carbons (Fsp3) is 0.750. The molecule has 3 rings (SSSR count). The number of ether oxygens (including phenoxy) is 1. The zero-order valence-electron chi connectivity index (χ0n) is 16.5. The average Bonchev–Trinajstić information content (AvgIpc) is 3.15. The SMILES string of the molecule is CCNC(=NCC(c1cccs1)N1CCOCC1)N1CC(C)CC(C)C1. The van der Waals surface area contributed by atoms with Crippen LogP contribution >= 0.6 is 11.3 Å². The van der Waals surface area contributed by atoms with Crippen LogP contribution in [0.3, 0.4) is 0 Å². The average molecular weight is 379 g/mol. The lowest BCUT2D eigenvalue weighted by atomic mass is 9.92. The fourth-order valence-corrected chi connectivity index (χ4v) is 5.04. The van der Waals surface area contributed by atoms with E-state index in [2.05, 4.69) is 53.4 Å². The molecule has 1 N–H and O–H groups in total. The molecular formula is C20H34N4OS. The second kappa shape index (κ2) is 9.72. The Bertz CT molecular complexity index is 546. The van der Waals surface area contributed by atoms with Gasteiger partial charge in [0.05, 0.1) is 25.8 Å². The standard InChI is InChI=1S/C20H34N4OS/c1-4-21-20(24-14-16(2)12-17(3)15-24)22-13-18(19-6-5-11-26-19)23-7-9-25-10-8-23/h5-6,11,16-18H,4,7-10,12-15H2,1-3H3,(H,21,22). The maximum Gasteiger partial charge on any atom is 0.194 e. The van der Waals surface area contributed by atoms with Gasteiger partial charge in [0.15, 0.2) is 5.96 Å². The van der Waals surface area contributed by atoms with Crippen LogP contribution in [0.15, 0.2) is 22.5 Å². The van der Waals surface area contributed by atoms with Crippen molar-refractivity contribution in [1.29, 1.82) is 0 Å². The molecule has 0 amide bonds. The third kappa shape index (κ3) is 5.21. The molecule has 3 atom stereocenters. The predicted molar refractivity (Wildman–Crippen MR) is 110 cm³/mol. The van der Waals surface area contributed by atoms with E-state index >= 15 is 0 Å². The van der Waals surface area contributed by atoms with Gasteiger partial charge in [-0.1, -0.05) is 19.9 Å². The molecule has 3 heterocycles. The number of thiophene rings is 1. The Hall–Kier alpha value is -1.11. The van der Waals surface area contributed by atoms with E-state index in [0.717, 1.165) is 70.3 Å². The fourth-order valence-electron chi connectivity index (χ4n) is 4.19. The summed E-state index contributed by atoms with van der Waals surface area (Å²) in [6, 6.07) is 4.75. The molecule has 0 radical (unpaired) electrons. The molecule has 1 aromatic rings. The van der Waals surface area contributed by atoms with Gasteiger partial charge in [-0.2, -0.15) is 0 Å². The molecule has 0 spiro atoms. The predicted octanol–water partition coefficient (Wildman–Crippen LogP) is 3.06. The number of nitrogens with one attached hydrogen (secondary N) is 1. The van der Waals surface area contributed by atoms with Crippen LogP contribution in [0.1, 0.15) is 38.1 Å². The van der Waals surface area contributed by atoms with Gasteiger partial charge in [0.2, 0.25) is 0 Å². The number of nitrogens with zero attached hydrogens (tertiary/aromatic N) is 3. The minimum absolute atomic E-state index is 0.354. The molecule has 2 aliphatic heterocycles. The smallest absolute Gasteiger partial charge is 0.194 e. The Kier molecular flexibility index (Phi) is 7.34. The molecular weight excluding hydrogens is 344 g/mol. The summed E-state index contributed by atoms with van der Waals surface area (Å²) in [6.45, 7) is 14.4. The molecule has 5 nitrogen and oxygen atoms in total. The molecule has 26 heavy (non-hydrogen) atoms. The summed E-state index contributed by atoms with van der Waals surface area (Å²) in [5.41, 5.74) is 0. The van der Waals surface area contributed by atoms with E-state index in [1.54, 1.807) is 0 Å². The van der Waals surface area contributed by atoms with Crippen molar-refractivity contribution < 1.29 is 4.74 Å². The first-order chi connectivity index (χ1) is 12.7. The van der Waals surface area contributed by atoms with E-state index in [0.29, 0.717) is 6.04 Å². The summed E-state index contributed by atoms with van der Waals surface area (Å²) in [7, 11) is 0. The maximum absolute atomic E-state index is 5.56. The molecule has 3 unspecified atom stereocenters. The van der Waals surface area contributed by atoms with Gasteiger partial charge >= 0.3 is 0 Å². The number of hydrogen-bond acceptors (Lipinski definition) is 4. The van der Waals surface area contributed by atoms with Crippen molar-refractivity contribution >= 4 is 17.3 Å². The number of likely N-dealkylation sites (tertiary alicyclic amines) is 1. The first-order valence-electron chi connectivity index (χ1n) is 10.1. The zero-order valence-corrected chi connectivity index (χ0v) is 17.3. The minimum Gasteiger partial charge on any atom is -0.379 e. The van der Waals surface area contributed by atoms with Gasteiger partial charge in [0.1, 0.15) is 0 Å². The van der Waals surface area contributed by atoms with Crippen LogP contribution < -0.4 is 5.32 Å². The second-order valence-corrected chi connectivity index (χ2v) is 8.70. The van der Waals surface area contributed by atoms with Gasteiger partial charge in [-0.15, -0.1) is 11.3 Å². The highest BCUT2D eigenvalue weighted by Crippen LogP contribution is 2.27. The van der Waals surface area contributed by atoms with E-state index in [4.69, 9.17) is 9.73 Å². The Morgan fingerprint density at radius 3 is 2.65 bits per heavy atom. The summed E-state index contributed by atoms with van der Waals surface area (Å²) in [4.78, 5) is 11.5. The van der Waals surface area contributed by atoms with Crippen molar-refractivity contribution in [2.24, 2.45) is 16.8 Å². The van der Waals surface area contributed by atoms with E-state index in [-0.39, 0.29) is 0 Å². The first kappa shape index (κ1) is 19.6. The monoisotopic (exact) mass is 378 g/mol. The Morgan fingerprint density at radius 1 is 1.31 bits per heavy atom. The Labute approximate surface area is 162 Å². The highest BCUT2D eigenvalue weighted by atomic mass is 32.1. The lowest BCUT2D eigenvalue weighted by Crippen LogP contribution is -2.49. The van der Waals surface area contributed by atoms with Gasteiger partial charge < -0.3 is 15.0 Å². The lowest BCUT2D eigenvalue weighted by molar-refractivity contribution is 0.0186. The highest BCUT2D eigenvalue weighted by molar-refractivity contribution is 7.10. The van der Waals surface area contributed by atoms with Crippen molar-refractivity contribution in [2.45, 2.75) is 33.2 Å². The van der Waals surface area contributed by atoms with Gasteiger partial charge in [-0.05, 0) is 36.6 Å². The van der Waals surface area contributed by atoms with Crippen molar-refractivity contribution in [1.82, 2.24) is 15.1 Å². The number of piperidine rings is 1. The molecule has 0 aromatic carbocycles. The third-order valence-electron chi connectivity index (χ3n) is 5.28. The zero-order chi connectivity index (χ0) is 18.4. The Morgan fingerprint density at radius 2 is 2.04 bits per heavy atom. The lowest BCUT2D eigenvalue weighted by Gasteiger charge is -2.38. The topological polar surface area (TPSA) is 40.1 Å². The summed E-state index contributed by atoms with van der Waals surface area (Å²) in [5.74, 6) is 2.55. The van der Waals surface area contributed by atoms with Crippen LogP contribution in [0.5, 0.6) is 0 Å². The third-order valence-corrected chi connectivity index (χ3v) is 6.25. The molecule has 0 bridgehead atoms. The Balaban J connectivity index is 1.74. The van der Waals surface area contributed by atoms with Crippen LogP contribution in [-0.4, -0.2) is 68.2 Å². The highest BCUT2D eigenvalue weighted by Gasteiger charge is 2.26. The maximum atomic E-state index is 5.56. The number of hydrogen-bond donors (Lipinski definition) is 1. The molecule has 2 saturated heterocycles. The van der Waals surface area contributed by atoms with Crippen LogP contribution in [0.4, 0.5) is 0 Å². The number of aliphatic imine (C=N–C) groups is 1. The van der Waals surface area contributed by atoms with Crippen molar-refractivity contribution in [3.8, 4) is 0 Å². The van der Waals surface area contributed by atoms with E-state index in [1.165, 1.54) is 11.3 Å². The van der Waals surface area contributed by atoms with Gasteiger partial charge in [0.25, 0.3) is 0 Å². The minimum atomic E-state index is 0.354. The molecule has 2 fully saturated rings. The van der Waals surface area contributed by atoms with Crippen molar-refractivity contribution in [3.63, 3.8) is 0 Å².